The molecule has 0 aromatic carbocycles. The number of nitrogens with two attached hydrogens (primary N) is 1. The third-order valence-corrected chi connectivity index (χ3v) is 4.41. The molecule has 1 saturated carbocycles. The number of ether oxygens (including phenoxy) is 1. The average molecular weight is 256 g/mol. The maximum Gasteiger partial charge on any atom is 0.243 e. The molecule has 106 valence electrons. The summed E-state index contributed by atoms with van der Waals surface area (Å²) in [7, 11) is 1.84. The minimum absolute atomic E-state index is 0.0527. The van der Waals surface area contributed by atoms with Crippen molar-refractivity contribution in [2.24, 2.45) is 11.1 Å². The maximum atomic E-state index is 12.5. The Labute approximate surface area is 111 Å². The molecule has 18 heavy (non-hydrogen) atoms. The van der Waals surface area contributed by atoms with Crippen LogP contribution in [0.25, 0.3) is 0 Å². The smallest absolute Gasteiger partial charge is 0.243 e. The van der Waals surface area contributed by atoms with Gasteiger partial charge >= 0.3 is 0 Å². The fourth-order valence-corrected chi connectivity index (χ4v) is 2.64. The van der Waals surface area contributed by atoms with E-state index >= 15 is 0 Å². The van der Waals surface area contributed by atoms with Gasteiger partial charge in [0.25, 0.3) is 0 Å². The Kier molecular flexibility index (Phi) is 4.78. The monoisotopic (exact) mass is 256 g/mol. The molecule has 4 nitrogen and oxygen atoms in total. The molecular weight excluding hydrogens is 228 g/mol. The molecule has 0 aliphatic heterocycles. The topological polar surface area (TPSA) is 55.6 Å². The zero-order valence-corrected chi connectivity index (χ0v) is 12.5. The zero-order chi connectivity index (χ0) is 14.0. The molecule has 1 aliphatic carbocycles. The molecule has 2 unspecified atom stereocenters. The van der Waals surface area contributed by atoms with Crippen molar-refractivity contribution >= 4 is 5.91 Å². The van der Waals surface area contributed by atoms with Crippen LogP contribution in [0.15, 0.2) is 0 Å². The van der Waals surface area contributed by atoms with Crippen molar-refractivity contribution < 1.29 is 9.53 Å². The van der Waals surface area contributed by atoms with E-state index in [4.69, 9.17) is 10.5 Å². The van der Waals surface area contributed by atoms with E-state index in [1.165, 1.54) is 0 Å². The van der Waals surface area contributed by atoms with E-state index in [2.05, 4.69) is 6.92 Å². The van der Waals surface area contributed by atoms with E-state index in [1.807, 2.05) is 27.8 Å². The van der Waals surface area contributed by atoms with Crippen LogP contribution in [0, 0.1) is 5.41 Å². The minimum atomic E-state index is -0.769. The lowest BCUT2D eigenvalue weighted by molar-refractivity contribution is -0.178. The summed E-state index contributed by atoms with van der Waals surface area (Å²) in [5, 5.41) is 0. The summed E-state index contributed by atoms with van der Waals surface area (Å²) in [5.74, 6) is 0.0527. The Balaban J connectivity index is 2.68. The molecule has 1 rings (SSSR count). The number of hydrogen-bond acceptors (Lipinski definition) is 3. The molecule has 2 atom stereocenters. The van der Waals surface area contributed by atoms with Gasteiger partial charge in [-0.2, -0.15) is 0 Å². The molecule has 0 saturated heterocycles. The molecule has 1 aliphatic rings. The lowest BCUT2D eigenvalue weighted by Crippen LogP contribution is -2.75. The standard InChI is InChI=1S/C14H28N2O2/c1-6-8-9-16(5)12(17)14(15)10-11(18-7-2)13(14,3)4/h11H,6-10,15H2,1-5H3. The Bertz CT molecular complexity index is 304. The third kappa shape index (κ3) is 2.41. The minimum Gasteiger partial charge on any atom is -0.378 e. The van der Waals surface area contributed by atoms with Crippen molar-refractivity contribution in [1.82, 2.24) is 4.90 Å². The Hall–Kier alpha value is -0.610. The summed E-state index contributed by atoms with van der Waals surface area (Å²) in [5.41, 5.74) is 5.29. The van der Waals surface area contributed by atoms with Crippen LogP contribution >= 0.6 is 0 Å². The number of unbranched alkanes of at least 4 members (excludes halogenated alkanes) is 1. The Morgan fingerprint density at radius 1 is 1.44 bits per heavy atom. The SMILES string of the molecule is CCCCN(C)C(=O)C1(N)CC(OCC)C1(C)C. The van der Waals surface area contributed by atoms with Crippen molar-refractivity contribution in [1.29, 1.82) is 0 Å². The van der Waals surface area contributed by atoms with E-state index < -0.39 is 5.54 Å². The average Bonchev–Trinajstić information content (AvgIpc) is 2.34. The molecule has 0 spiro atoms. The molecule has 2 N–H and O–H groups in total. The number of nitrogens with zero attached hydrogens (tertiary/aromatic N) is 1. The lowest BCUT2D eigenvalue weighted by Gasteiger charge is -2.58. The van der Waals surface area contributed by atoms with Gasteiger partial charge < -0.3 is 15.4 Å². The van der Waals surface area contributed by atoms with E-state index in [0.29, 0.717) is 13.0 Å². The second kappa shape index (κ2) is 5.57. The first-order valence-corrected chi connectivity index (χ1v) is 6.97. The normalized spacial score (nSPS) is 29.8. The van der Waals surface area contributed by atoms with Gasteiger partial charge in [-0.15, -0.1) is 0 Å². The second-order valence-electron chi connectivity index (χ2n) is 5.92. The van der Waals surface area contributed by atoms with Gasteiger partial charge in [0.15, 0.2) is 0 Å². The fourth-order valence-electron chi connectivity index (χ4n) is 2.64. The van der Waals surface area contributed by atoms with Crippen LogP contribution in [0.3, 0.4) is 0 Å². The summed E-state index contributed by atoms with van der Waals surface area (Å²) in [6.07, 6.45) is 2.83. The second-order valence-corrected chi connectivity index (χ2v) is 5.92. The largest absolute Gasteiger partial charge is 0.378 e. The molecular formula is C14H28N2O2. The molecule has 1 fully saturated rings. The molecule has 0 aromatic rings. The van der Waals surface area contributed by atoms with Crippen LogP contribution in [-0.2, 0) is 9.53 Å². The van der Waals surface area contributed by atoms with E-state index in [9.17, 15) is 4.79 Å². The highest BCUT2D eigenvalue weighted by atomic mass is 16.5. The van der Waals surface area contributed by atoms with Gasteiger partial charge in [-0.25, -0.2) is 0 Å². The van der Waals surface area contributed by atoms with Gasteiger partial charge in [0, 0.05) is 32.0 Å². The highest BCUT2D eigenvalue weighted by Gasteiger charge is 2.63. The summed E-state index contributed by atoms with van der Waals surface area (Å²) in [4.78, 5) is 14.2. The highest BCUT2D eigenvalue weighted by Crippen LogP contribution is 2.50. The first kappa shape index (κ1) is 15.4. The Morgan fingerprint density at radius 2 is 2.06 bits per heavy atom. The fraction of sp³-hybridized carbons (Fsp3) is 0.929. The highest BCUT2D eigenvalue weighted by molar-refractivity contribution is 5.88. The van der Waals surface area contributed by atoms with Gasteiger partial charge in [0.05, 0.1) is 6.10 Å². The number of likely N-dealkylation sites (N-methyl/N-ethyl adjacent to an activating group) is 1. The van der Waals surface area contributed by atoms with E-state index in [1.54, 1.807) is 4.90 Å². The third-order valence-electron chi connectivity index (χ3n) is 4.41. The molecule has 0 heterocycles. The molecule has 0 bridgehead atoms. The van der Waals surface area contributed by atoms with Crippen LogP contribution in [0.2, 0.25) is 0 Å². The van der Waals surface area contributed by atoms with Gasteiger partial charge in [0.1, 0.15) is 5.54 Å². The summed E-state index contributed by atoms with van der Waals surface area (Å²) >= 11 is 0. The number of rotatable bonds is 6. The number of amides is 1. The van der Waals surface area contributed by atoms with E-state index in [-0.39, 0.29) is 17.4 Å². The summed E-state index contributed by atoms with van der Waals surface area (Å²) in [6, 6.07) is 0. The zero-order valence-electron chi connectivity index (χ0n) is 12.5. The summed E-state index contributed by atoms with van der Waals surface area (Å²) in [6.45, 7) is 9.61. The Morgan fingerprint density at radius 3 is 2.50 bits per heavy atom. The molecule has 0 aromatic heterocycles. The van der Waals surface area contributed by atoms with Crippen LogP contribution in [0.1, 0.15) is 47.0 Å². The van der Waals surface area contributed by atoms with Crippen LogP contribution < -0.4 is 5.73 Å². The van der Waals surface area contributed by atoms with Crippen LogP contribution in [0.4, 0.5) is 0 Å². The van der Waals surface area contributed by atoms with Gasteiger partial charge in [-0.05, 0) is 13.3 Å². The van der Waals surface area contributed by atoms with Crippen molar-refractivity contribution in [3.8, 4) is 0 Å². The lowest BCUT2D eigenvalue weighted by atomic mass is 9.54. The molecule has 1 amide bonds. The number of carbonyl (C=O) groups excluding carboxylic acids is 1. The first-order chi connectivity index (χ1) is 8.31. The predicted octanol–water partition coefficient (Wildman–Crippen LogP) is 1.78. The summed E-state index contributed by atoms with van der Waals surface area (Å²) < 4.78 is 5.65. The quantitative estimate of drug-likeness (QED) is 0.788. The van der Waals surface area contributed by atoms with Crippen LogP contribution in [-0.4, -0.2) is 42.6 Å². The van der Waals surface area contributed by atoms with Gasteiger partial charge in [0.2, 0.25) is 5.91 Å². The van der Waals surface area contributed by atoms with Crippen molar-refractivity contribution in [2.75, 3.05) is 20.2 Å². The van der Waals surface area contributed by atoms with Gasteiger partial charge in [-0.1, -0.05) is 27.2 Å². The maximum absolute atomic E-state index is 12.5. The number of carbonyl (C=O) groups is 1. The van der Waals surface area contributed by atoms with E-state index in [0.717, 1.165) is 19.4 Å². The van der Waals surface area contributed by atoms with Gasteiger partial charge in [-0.3, -0.25) is 4.79 Å². The molecule has 0 radical (unpaired) electrons. The van der Waals surface area contributed by atoms with Crippen molar-refractivity contribution in [3.05, 3.63) is 0 Å². The van der Waals surface area contributed by atoms with Crippen molar-refractivity contribution in [2.45, 2.75) is 58.6 Å². The first-order valence-electron chi connectivity index (χ1n) is 6.97. The van der Waals surface area contributed by atoms with Crippen LogP contribution in [0.5, 0.6) is 0 Å². The number of hydrogen-bond donors (Lipinski definition) is 1. The predicted molar refractivity (Wildman–Crippen MR) is 73.3 cm³/mol. The van der Waals surface area contributed by atoms with Crippen molar-refractivity contribution in [3.63, 3.8) is 0 Å². The molecule has 4 heteroatoms.